The molecule has 0 heterocycles. The van der Waals surface area contributed by atoms with E-state index < -0.39 is 0 Å². The van der Waals surface area contributed by atoms with Crippen LogP contribution < -0.4 is 5.32 Å². The summed E-state index contributed by atoms with van der Waals surface area (Å²) >= 11 is 0. The van der Waals surface area contributed by atoms with Crippen molar-refractivity contribution in [2.45, 2.75) is 34.1 Å². The van der Waals surface area contributed by atoms with Crippen molar-refractivity contribution in [3.63, 3.8) is 0 Å². The van der Waals surface area contributed by atoms with Crippen molar-refractivity contribution in [3.8, 4) is 0 Å². The Morgan fingerprint density at radius 1 is 1.27 bits per heavy atom. The molecule has 0 unspecified atom stereocenters. The van der Waals surface area contributed by atoms with Crippen molar-refractivity contribution in [1.82, 2.24) is 0 Å². The summed E-state index contributed by atoms with van der Waals surface area (Å²) in [6.07, 6.45) is 0.987. The molecule has 0 radical (unpaired) electrons. The first-order chi connectivity index (χ1) is 6.88. The SMILES string of the molecule is C=C(CC(C)(C)C)Nc1ccccc1C. The molecule has 1 nitrogen and oxygen atoms in total. The zero-order valence-corrected chi connectivity index (χ0v) is 10.2. The van der Waals surface area contributed by atoms with Crippen LogP contribution in [-0.4, -0.2) is 0 Å². The third-order valence-electron chi connectivity index (χ3n) is 2.20. The maximum Gasteiger partial charge on any atom is 0.0411 e. The van der Waals surface area contributed by atoms with Gasteiger partial charge in [0.05, 0.1) is 0 Å². The summed E-state index contributed by atoms with van der Waals surface area (Å²) < 4.78 is 0. The third kappa shape index (κ3) is 4.20. The van der Waals surface area contributed by atoms with Gasteiger partial charge in [0.2, 0.25) is 0 Å². The number of rotatable bonds is 3. The number of allylic oxidation sites excluding steroid dienone is 1. The number of aryl methyl sites for hydroxylation is 1. The van der Waals surface area contributed by atoms with E-state index in [0.29, 0.717) is 0 Å². The molecule has 1 N–H and O–H groups in total. The van der Waals surface area contributed by atoms with Crippen LogP contribution in [0.2, 0.25) is 0 Å². The summed E-state index contributed by atoms with van der Waals surface area (Å²) in [7, 11) is 0. The highest BCUT2D eigenvalue weighted by Crippen LogP contribution is 2.25. The lowest BCUT2D eigenvalue weighted by molar-refractivity contribution is 0.411. The van der Waals surface area contributed by atoms with Crippen LogP contribution in [0.3, 0.4) is 0 Å². The van der Waals surface area contributed by atoms with E-state index in [1.807, 2.05) is 12.1 Å². The van der Waals surface area contributed by atoms with Gasteiger partial charge in [0.25, 0.3) is 0 Å². The maximum atomic E-state index is 4.07. The molecule has 0 atom stereocenters. The summed E-state index contributed by atoms with van der Waals surface area (Å²) in [5, 5.41) is 3.37. The number of hydrogen-bond acceptors (Lipinski definition) is 1. The topological polar surface area (TPSA) is 12.0 Å². The molecule has 0 aliphatic carbocycles. The van der Waals surface area contributed by atoms with Crippen LogP contribution in [-0.2, 0) is 0 Å². The molecular weight excluding hydrogens is 182 g/mol. The third-order valence-corrected chi connectivity index (χ3v) is 2.20. The summed E-state index contributed by atoms with van der Waals surface area (Å²) in [5.74, 6) is 0. The number of para-hydroxylation sites is 1. The van der Waals surface area contributed by atoms with Crippen molar-refractivity contribution < 1.29 is 0 Å². The van der Waals surface area contributed by atoms with Crippen molar-refractivity contribution in [2.75, 3.05) is 5.32 Å². The average Bonchev–Trinajstić information content (AvgIpc) is 2.05. The van der Waals surface area contributed by atoms with Crippen molar-refractivity contribution in [2.24, 2.45) is 5.41 Å². The number of nitrogens with one attached hydrogen (secondary N) is 1. The van der Waals surface area contributed by atoms with E-state index in [4.69, 9.17) is 0 Å². The predicted molar refractivity (Wildman–Crippen MR) is 68.0 cm³/mol. The fraction of sp³-hybridized carbons (Fsp3) is 0.429. The standard InChI is InChI=1S/C14H21N/c1-11-8-6-7-9-13(11)15-12(2)10-14(3,4)5/h6-9,15H,2,10H2,1,3-5H3. The largest absolute Gasteiger partial charge is 0.359 e. The zero-order chi connectivity index (χ0) is 11.5. The second-order valence-corrected chi connectivity index (χ2v) is 5.28. The molecule has 0 aromatic heterocycles. The fourth-order valence-electron chi connectivity index (χ4n) is 1.59. The first kappa shape index (κ1) is 11.8. The smallest absolute Gasteiger partial charge is 0.0411 e. The minimum atomic E-state index is 0.284. The molecule has 0 amide bonds. The van der Waals surface area contributed by atoms with Gasteiger partial charge in [-0.25, -0.2) is 0 Å². The predicted octanol–water partition coefficient (Wildman–Crippen LogP) is 4.36. The minimum absolute atomic E-state index is 0.284. The van der Waals surface area contributed by atoms with Gasteiger partial charge in [0.15, 0.2) is 0 Å². The number of benzene rings is 1. The van der Waals surface area contributed by atoms with E-state index in [2.05, 4.69) is 51.7 Å². The molecule has 0 saturated heterocycles. The second-order valence-electron chi connectivity index (χ2n) is 5.28. The van der Waals surface area contributed by atoms with Gasteiger partial charge in [-0.05, 0) is 30.4 Å². The van der Waals surface area contributed by atoms with Crippen LogP contribution in [0, 0.1) is 12.3 Å². The van der Waals surface area contributed by atoms with Gasteiger partial charge in [-0.1, -0.05) is 45.5 Å². The summed E-state index contributed by atoms with van der Waals surface area (Å²) in [5.41, 5.74) is 3.78. The zero-order valence-electron chi connectivity index (χ0n) is 10.2. The van der Waals surface area contributed by atoms with Crippen molar-refractivity contribution in [3.05, 3.63) is 42.1 Å². The molecule has 1 aromatic carbocycles. The van der Waals surface area contributed by atoms with Gasteiger partial charge < -0.3 is 5.32 Å². The van der Waals surface area contributed by atoms with Gasteiger partial charge in [0, 0.05) is 11.4 Å². The molecule has 1 aromatic rings. The van der Waals surface area contributed by atoms with Gasteiger partial charge in [0.1, 0.15) is 0 Å². The van der Waals surface area contributed by atoms with Crippen LogP contribution in [0.4, 0.5) is 5.69 Å². The van der Waals surface area contributed by atoms with Crippen LogP contribution in [0.5, 0.6) is 0 Å². The molecule has 15 heavy (non-hydrogen) atoms. The first-order valence-corrected chi connectivity index (χ1v) is 5.39. The Morgan fingerprint density at radius 2 is 1.87 bits per heavy atom. The quantitative estimate of drug-likeness (QED) is 0.769. The van der Waals surface area contributed by atoms with E-state index in [-0.39, 0.29) is 5.41 Å². The average molecular weight is 203 g/mol. The van der Waals surface area contributed by atoms with Crippen LogP contribution in [0.15, 0.2) is 36.5 Å². The lowest BCUT2D eigenvalue weighted by atomic mass is 9.91. The molecule has 0 spiro atoms. The minimum Gasteiger partial charge on any atom is -0.359 e. The van der Waals surface area contributed by atoms with Gasteiger partial charge >= 0.3 is 0 Å². The van der Waals surface area contributed by atoms with Gasteiger partial charge in [-0.2, -0.15) is 0 Å². The van der Waals surface area contributed by atoms with Crippen LogP contribution in [0.25, 0.3) is 0 Å². The molecule has 82 valence electrons. The highest BCUT2D eigenvalue weighted by molar-refractivity contribution is 5.53. The molecular formula is C14H21N. The fourth-order valence-corrected chi connectivity index (χ4v) is 1.59. The second kappa shape index (κ2) is 4.52. The van der Waals surface area contributed by atoms with E-state index in [1.54, 1.807) is 0 Å². The lowest BCUT2D eigenvalue weighted by Crippen LogP contribution is -2.10. The molecule has 0 bridgehead atoms. The van der Waals surface area contributed by atoms with E-state index in [0.717, 1.165) is 17.8 Å². The summed E-state index contributed by atoms with van der Waals surface area (Å²) in [6, 6.07) is 8.28. The van der Waals surface area contributed by atoms with Gasteiger partial charge in [-0.15, -0.1) is 0 Å². The monoisotopic (exact) mass is 203 g/mol. The van der Waals surface area contributed by atoms with E-state index in [1.165, 1.54) is 5.56 Å². The van der Waals surface area contributed by atoms with Crippen molar-refractivity contribution in [1.29, 1.82) is 0 Å². The normalized spacial score (nSPS) is 11.2. The molecule has 1 heteroatoms. The Balaban J connectivity index is 2.64. The Bertz CT molecular complexity index is 345. The highest BCUT2D eigenvalue weighted by Gasteiger charge is 2.12. The highest BCUT2D eigenvalue weighted by atomic mass is 14.9. The Hall–Kier alpha value is -1.24. The molecule has 0 fully saturated rings. The summed E-state index contributed by atoms with van der Waals surface area (Å²) in [6.45, 7) is 12.8. The lowest BCUT2D eigenvalue weighted by Gasteiger charge is -2.21. The Labute approximate surface area is 93.2 Å². The first-order valence-electron chi connectivity index (χ1n) is 5.39. The van der Waals surface area contributed by atoms with Gasteiger partial charge in [-0.3, -0.25) is 0 Å². The molecule has 0 aliphatic rings. The Kier molecular flexibility index (Phi) is 3.57. The number of anilines is 1. The van der Waals surface area contributed by atoms with Crippen LogP contribution >= 0.6 is 0 Å². The molecule has 0 aliphatic heterocycles. The molecule has 0 saturated carbocycles. The maximum absolute atomic E-state index is 4.07. The van der Waals surface area contributed by atoms with E-state index in [9.17, 15) is 0 Å². The molecule has 1 rings (SSSR count). The Morgan fingerprint density at radius 3 is 2.40 bits per heavy atom. The number of hydrogen-bond donors (Lipinski definition) is 1. The van der Waals surface area contributed by atoms with E-state index >= 15 is 0 Å². The summed E-state index contributed by atoms with van der Waals surface area (Å²) in [4.78, 5) is 0. The van der Waals surface area contributed by atoms with Crippen LogP contribution in [0.1, 0.15) is 32.8 Å². The van der Waals surface area contributed by atoms with Crippen molar-refractivity contribution >= 4 is 5.69 Å².